The van der Waals surface area contributed by atoms with Crippen LogP contribution in [0.25, 0.3) is 87.8 Å². The Morgan fingerprint density at radius 2 is 1.07 bits per heavy atom. The number of benzene rings is 9. The summed E-state index contributed by atoms with van der Waals surface area (Å²) in [7, 11) is 0. The lowest BCUT2D eigenvalue weighted by Crippen LogP contribution is -2.13. The molecule has 3 heteroatoms. The van der Waals surface area contributed by atoms with Crippen molar-refractivity contribution in [2.75, 3.05) is 4.90 Å². The van der Waals surface area contributed by atoms with Crippen molar-refractivity contribution in [2.45, 2.75) is 12.8 Å². The third-order valence-corrected chi connectivity index (χ3v) is 13.6. The van der Waals surface area contributed by atoms with E-state index < -0.39 is 0 Å². The van der Waals surface area contributed by atoms with Crippen LogP contribution in [0.1, 0.15) is 16.9 Å². The highest BCUT2D eigenvalue weighted by molar-refractivity contribution is 7.20. The van der Waals surface area contributed by atoms with Crippen molar-refractivity contribution < 1.29 is 0 Å². The molecule has 0 aliphatic heterocycles. The maximum atomic E-state index is 2.43. The normalized spacial score (nSPS) is 12.4. The second-order valence-electron chi connectivity index (χ2n) is 16.0. The highest BCUT2D eigenvalue weighted by atomic mass is 32.1. The molecule has 1 aliphatic carbocycles. The summed E-state index contributed by atoms with van der Waals surface area (Å²) < 4.78 is 3.80. The van der Waals surface area contributed by atoms with Crippen molar-refractivity contribution in [1.82, 2.24) is 4.57 Å². The Bertz CT molecular complexity index is 3420. The molecule has 9 aromatic carbocycles. The van der Waals surface area contributed by atoms with Gasteiger partial charge in [-0.15, -0.1) is 11.3 Å². The maximum Gasteiger partial charge on any atom is 0.0702 e. The van der Waals surface area contributed by atoms with Crippen molar-refractivity contribution in [1.29, 1.82) is 0 Å². The number of aromatic nitrogens is 1. The smallest absolute Gasteiger partial charge is 0.0702 e. The molecular formula is C58H40N2S. The fourth-order valence-corrected chi connectivity index (χ4v) is 10.8. The van der Waals surface area contributed by atoms with Gasteiger partial charge in [-0.25, -0.2) is 0 Å². The molecule has 0 saturated carbocycles. The summed E-state index contributed by atoms with van der Waals surface area (Å²) in [6, 6.07) is 75.7. The Morgan fingerprint density at radius 3 is 1.84 bits per heavy atom. The van der Waals surface area contributed by atoms with Crippen LogP contribution in [0.15, 0.2) is 212 Å². The Kier molecular flexibility index (Phi) is 8.53. The van der Waals surface area contributed by atoms with Gasteiger partial charge in [0.2, 0.25) is 0 Å². The number of thiophene rings is 1. The fraction of sp³-hybridized carbons (Fsp3) is 0.0345. The van der Waals surface area contributed by atoms with Crippen LogP contribution < -0.4 is 4.90 Å². The minimum Gasteiger partial charge on any atom is -0.308 e. The summed E-state index contributed by atoms with van der Waals surface area (Å²) in [5, 5.41) is 6.42. The molecule has 2 heterocycles. The van der Waals surface area contributed by atoms with Crippen LogP contribution in [0, 0.1) is 0 Å². The first-order valence-corrected chi connectivity index (χ1v) is 22.0. The molecule has 0 bridgehead atoms. The average molecular weight is 797 g/mol. The summed E-state index contributed by atoms with van der Waals surface area (Å²) in [4.78, 5) is 3.83. The third kappa shape index (κ3) is 6.08. The second kappa shape index (κ2) is 14.7. The molecule has 0 saturated heterocycles. The van der Waals surface area contributed by atoms with E-state index in [1.54, 1.807) is 0 Å². The van der Waals surface area contributed by atoms with E-state index >= 15 is 0 Å². The second-order valence-corrected chi connectivity index (χ2v) is 17.1. The lowest BCUT2D eigenvalue weighted by atomic mass is 9.94. The number of hydrogen-bond donors (Lipinski definition) is 0. The first kappa shape index (κ1) is 35.5. The molecule has 2 aromatic heterocycles. The molecule has 11 aromatic rings. The topological polar surface area (TPSA) is 8.17 Å². The first-order valence-electron chi connectivity index (χ1n) is 21.1. The van der Waals surface area contributed by atoms with Gasteiger partial charge < -0.3 is 9.47 Å². The summed E-state index contributed by atoms with van der Waals surface area (Å²) in [5.74, 6) is 0. The van der Waals surface area contributed by atoms with Crippen LogP contribution in [0.3, 0.4) is 0 Å². The zero-order valence-corrected chi connectivity index (χ0v) is 34.3. The number of anilines is 3. The predicted octanol–water partition coefficient (Wildman–Crippen LogP) is 16.6. The fourth-order valence-electron chi connectivity index (χ4n) is 9.56. The minimum absolute atomic E-state index is 1.09. The minimum atomic E-state index is 1.09. The number of hydrogen-bond acceptors (Lipinski definition) is 2. The number of nitrogens with zero attached hydrogens (tertiary/aromatic N) is 2. The zero-order valence-electron chi connectivity index (χ0n) is 33.5. The summed E-state index contributed by atoms with van der Waals surface area (Å²) in [6.07, 6.45) is 6.82. The van der Waals surface area contributed by atoms with E-state index in [1.165, 1.54) is 86.5 Å². The lowest BCUT2D eigenvalue weighted by Gasteiger charge is -2.28. The molecule has 12 rings (SSSR count). The van der Waals surface area contributed by atoms with E-state index in [0.717, 1.165) is 35.6 Å². The molecule has 0 radical (unpaired) electrons. The van der Waals surface area contributed by atoms with Gasteiger partial charge in [-0.05, 0) is 135 Å². The lowest BCUT2D eigenvalue weighted by molar-refractivity contribution is 1.01. The van der Waals surface area contributed by atoms with E-state index in [4.69, 9.17) is 0 Å². The van der Waals surface area contributed by atoms with E-state index in [2.05, 4.69) is 228 Å². The average Bonchev–Trinajstić information content (AvgIpc) is 3.88. The SMILES string of the molecule is C1=Cc2sc3cccc(-c4ccc(N(c5ccc(-c6cccc(-c7ccc8ccccc8c7)c6)cc5)c5ccccc5-n5c6ccccc6c6ccccc65)cc4)c3c2CC1. The van der Waals surface area contributed by atoms with Gasteiger partial charge in [0.05, 0.1) is 22.4 Å². The summed E-state index contributed by atoms with van der Waals surface area (Å²) >= 11 is 1.91. The van der Waals surface area contributed by atoms with Crippen LogP contribution in [0.5, 0.6) is 0 Å². The van der Waals surface area contributed by atoms with Gasteiger partial charge in [0.15, 0.2) is 0 Å². The molecule has 0 spiro atoms. The Labute approximate surface area is 359 Å². The molecule has 61 heavy (non-hydrogen) atoms. The molecule has 0 fully saturated rings. The predicted molar refractivity (Wildman–Crippen MR) is 262 cm³/mol. The number of rotatable bonds is 7. The number of fused-ring (bicyclic) bond motifs is 7. The van der Waals surface area contributed by atoms with E-state index in [-0.39, 0.29) is 0 Å². The molecular weight excluding hydrogens is 757 g/mol. The molecule has 2 nitrogen and oxygen atoms in total. The van der Waals surface area contributed by atoms with Gasteiger partial charge in [0.1, 0.15) is 0 Å². The molecule has 0 N–H and O–H groups in total. The standard InChI is InChI=1S/C58H40N2S/c1-2-14-42-38-45(28-27-39(42)13-1)44-16-11-15-43(37-44)40-29-33-46(34-30-40)59(47-35-31-41(32-36-47)48-20-12-26-57-58(48)51-19-5-10-25-56(51)61-57)54-23-8-9-24-55(54)60-52-21-6-3-17-49(52)50-18-4-7-22-53(50)60/h1-4,6-18,20-38H,5,19H2. The van der Waals surface area contributed by atoms with Crippen molar-refractivity contribution in [3.8, 4) is 39.1 Å². The quantitative estimate of drug-likeness (QED) is 0.156. The van der Waals surface area contributed by atoms with Gasteiger partial charge in [0, 0.05) is 37.1 Å². The van der Waals surface area contributed by atoms with Gasteiger partial charge in [-0.2, -0.15) is 0 Å². The van der Waals surface area contributed by atoms with Crippen molar-refractivity contribution >= 4 is 77.1 Å². The van der Waals surface area contributed by atoms with Crippen molar-refractivity contribution in [3.05, 3.63) is 223 Å². The molecule has 0 amide bonds. The van der Waals surface area contributed by atoms with Gasteiger partial charge in [0.25, 0.3) is 0 Å². The number of para-hydroxylation sites is 4. The Hall–Kier alpha value is -7.46. The van der Waals surface area contributed by atoms with Crippen LogP contribution >= 0.6 is 11.3 Å². The number of aryl methyl sites for hydroxylation is 1. The third-order valence-electron chi connectivity index (χ3n) is 12.5. The van der Waals surface area contributed by atoms with Crippen LogP contribution in [-0.4, -0.2) is 4.57 Å². The summed E-state index contributed by atoms with van der Waals surface area (Å²) in [5.41, 5.74) is 15.7. The zero-order chi connectivity index (χ0) is 40.3. The summed E-state index contributed by atoms with van der Waals surface area (Å²) in [6.45, 7) is 0. The Balaban J connectivity index is 0.990. The largest absolute Gasteiger partial charge is 0.308 e. The monoisotopic (exact) mass is 796 g/mol. The first-order chi connectivity index (χ1) is 30.2. The maximum absolute atomic E-state index is 2.43. The number of allylic oxidation sites excluding steroid dienone is 1. The van der Waals surface area contributed by atoms with E-state index in [9.17, 15) is 0 Å². The highest BCUT2D eigenvalue weighted by Crippen LogP contribution is 2.45. The van der Waals surface area contributed by atoms with Crippen molar-refractivity contribution in [2.24, 2.45) is 0 Å². The molecule has 288 valence electrons. The van der Waals surface area contributed by atoms with Crippen LogP contribution in [0.2, 0.25) is 0 Å². The molecule has 0 unspecified atom stereocenters. The van der Waals surface area contributed by atoms with Crippen molar-refractivity contribution in [3.63, 3.8) is 0 Å². The van der Waals surface area contributed by atoms with Crippen LogP contribution in [-0.2, 0) is 6.42 Å². The molecule has 1 aliphatic rings. The Morgan fingerprint density at radius 1 is 0.459 bits per heavy atom. The molecule has 0 atom stereocenters. The van der Waals surface area contributed by atoms with E-state index in [1.807, 2.05) is 11.3 Å². The van der Waals surface area contributed by atoms with Gasteiger partial charge in [-0.1, -0.05) is 146 Å². The van der Waals surface area contributed by atoms with Crippen LogP contribution in [0.4, 0.5) is 17.1 Å². The van der Waals surface area contributed by atoms with E-state index in [0.29, 0.717) is 0 Å². The highest BCUT2D eigenvalue weighted by Gasteiger charge is 2.22. The van der Waals surface area contributed by atoms with Gasteiger partial charge >= 0.3 is 0 Å². The van der Waals surface area contributed by atoms with Gasteiger partial charge in [-0.3, -0.25) is 0 Å².